The van der Waals surface area contributed by atoms with Gasteiger partial charge >= 0.3 is 0 Å². The largest absolute Gasteiger partial charge is 0.380 e. The second kappa shape index (κ2) is 5.48. The fraction of sp³-hybridized carbons (Fsp3) is 0.500. The Hall–Kier alpha value is -1.88. The predicted molar refractivity (Wildman–Crippen MR) is 78.8 cm³/mol. The van der Waals surface area contributed by atoms with Crippen LogP contribution in [0.5, 0.6) is 0 Å². The molecule has 3 rings (SSSR count). The monoisotopic (exact) mass is 288 g/mol. The Kier molecular flexibility index (Phi) is 3.68. The van der Waals surface area contributed by atoms with E-state index in [4.69, 9.17) is 4.74 Å². The van der Waals surface area contributed by atoms with Gasteiger partial charge in [-0.3, -0.25) is 14.5 Å². The van der Waals surface area contributed by atoms with Crippen molar-refractivity contribution in [2.45, 2.75) is 38.5 Å². The van der Waals surface area contributed by atoms with Crippen LogP contribution in [0.1, 0.15) is 25.3 Å². The Morgan fingerprint density at radius 2 is 2.10 bits per heavy atom. The highest BCUT2D eigenvalue weighted by molar-refractivity contribution is 6.08. The number of piperazine rings is 1. The minimum atomic E-state index is -0.440. The number of anilines is 1. The van der Waals surface area contributed by atoms with Crippen LogP contribution in [0.3, 0.4) is 0 Å². The molecule has 1 aromatic rings. The third-order valence-electron chi connectivity index (χ3n) is 4.30. The quantitative estimate of drug-likeness (QED) is 0.848. The summed E-state index contributed by atoms with van der Waals surface area (Å²) in [6.45, 7) is 3.00. The summed E-state index contributed by atoms with van der Waals surface area (Å²) in [6.07, 6.45) is 1.68. The molecule has 0 aliphatic carbocycles. The SMILES string of the molecule is COCc1cccc(N2C(=O)C3CCCN3C(=O)C2C)c1. The van der Waals surface area contributed by atoms with Gasteiger partial charge in [-0.2, -0.15) is 0 Å². The van der Waals surface area contributed by atoms with Crippen LogP contribution in [0, 0.1) is 0 Å². The highest BCUT2D eigenvalue weighted by atomic mass is 16.5. The molecule has 21 heavy (non-hydrogen) atoms. The van der Waals surface area contributed by atoms with Crippen molar-refractivity contribution in [1.29, 1.82) is 0 Å². The first-order valence-electron chi connectivity index (χ1n) is 7.35. The second-order valence-corrected chi connectivity index (χ2v) is 5.68. The summed E-state index contributed by atoms with van der Waals surface area (Å²) in [6, 6.07) is 6.94. The van der Waals surface area contributed by atoms with Gasteiger partial charge < -0.3 is 9.64 Å². The number of carbonyl (C=O) groups is 2. The van der Waals surface area contributed by atoms with Crippen molar-refractivity contribution in [2.24, 2.45) is 0 Å². The van der Waals surface area contributed by atoms with E-state index >= 15 is 0 Å². The van der Waals surface area contributed by atoms with E-state index in [1.54, 1.807) is 23.8 Å². The van der Waals surface area contributed by atoms with Crippen molar-refractivity contribution in [3.05, 3.63) is 29.8 Å². The molecule has 5 heteroatoms. The van der Waals surface area contributed by atoms with Gasteiger partial charge in [-0.25, -0.2) is 0 Å². The average Bonchev–Trinajstić information content (AvgIpc) is 2.96. The van der Waals surface area contributed by atoms with E-state index in [0.717, 1.165) is 24.1 Å². The molecule has 112 valence electrons. The van der Waals surface area contributed by atoms with Crippen LogP contribution in [-0.2, 0) is 20.9 Å². The lowest BCUT2D eigenvalue weighted by atomic mass is 10.0. The molecule has 2 aliphatic rings. The van der Waals surface area contributed by atoms with Gasteiger partial charge in [0, 0.05) is 19.3 Å². The van der Waals surface area contributed by atoms with Crippen LogP contribution in [0.2, 0.25) is 0 Å². The lowest BCUT2D eigenvalue weighted by Gasteiger charge is -2.41. The molecule has 0 saturated carbocycles. The van der Waals surface area contributed by atoms with Gasteiger partial charge in [0.1, 0.15) is 12.1 Å². The van der Waals surface area contributed by atoms with Gasteiger partial charge in [0.2, 0.25) is 5.91 Å². The predicted octanol–water partition coefficient (Wildman–Crippen LogP) is 1.56. The highest BCUT2D eigenvalue weighted by Crippen LogP contribution is 2.31. The first-order chi connectivity index (χ1) is 10.1. The lowest BCUT2D eigenvalue weighted by molar-refractivity contribution is -0.143. The fourth-order valence-electron chi connectivity index (χ4n) is 3.30. The van der Waals surface area contributed by atoms with Crippen molar-refractivity contribution >= 4 is 17.5 Å². The minimum Gasteiger partial charge on any atom is -0.380 e. The Morgan fingerprint density at radius 3 is 2.86 bits per heavy atom. The Balaban J connectivity index is 1.94. The number of methoxy groups -OCH3 is 1. The van der Waals surface area contributed by atoms with Crippen molar-refractivity contribution < 1.29 is 14.3 Å². The summed E-state index contributed by atoms with van der Waals surface area (Å²) in [5.41, 5.74) is 1.78. The summed E-state index contributed by atoms with van der Waals surface area (Å²) in [7, 11) is 1.64. The summed E-state index contributed by atoms with van der Waals surface area (Å²) in [4.78, 5) is 28.6. The molecule has 0 radical (unpaired) electrons. The number of nitrogens with zero attached hydrogens (tertiary/aromatic N) is 2. The highest BCUT2D eigenvalue weighted by Gasteiger charge is 2.46. The van der Waals surface area contributed by atoms with E-state index < -0.39 is 6.04 Å². The number of hydrogen-bond donors (Lipinski definition) is 0. The molecule has 2 atom stereocenters. The number of hydrogen-bond acceptors (Lipinski definition) is 3. The third-order valence-corrected chi connectivity index (χ3v) is 4.30. The van der Waals surface area contributed by atoms with Crippen molar-refractivity contribution in [3.8, 4) is 0 Å². The summed E-state index contributed by atoms with van der Waals surface area (Å²) >= 11 is 0. The zero-order chi connectivity index (χ0) is 15.0. The van der Waals surface area contributed by atoms with Gasteiger partial charge in [0.05, 0.1) is 6.61 Å². The van der Waals surface area contributed by atoms with Gasteiger partial charge in [-0.1, -0.05) is 12.1 Å². The van der Waals surface area contributed by atoms with Crippen LogP contribution in [0.15, 0.2) is 24.3 Å². The van der Waals surface area contributed by atoms with E-state index in [2.05, 4.69) is 0 Å². The van der Waals surface area contributed by atoms with E-state index in [9.17, 15) is 9.59 Å². The molecular weight excluding hydrogens is 268 g/mol. The molecule has 2 amide bonds. The Bertz CT molecular complexity index is 572. The maximum absolute atomic E-state index is 12.7. The van der Waals surface area contributed by atoms with Crippen LogP contribution in [0.4, 0.5) is 5.69 Å². The number of ether oxygens (including phenoxy) is 1. The Labute approximate surface area is 124 Å². The number of rotatable bonds is 3. The molecule has 2 saturated heterocycles. The molecule has 0 N–H and O–H groups in total. The van der Waals surface area contributed by atoms with Crippen LogP contribution in [-0.4, -0.2) is 42.5 Å². The van der Waals surface area contributed by atoms with Crippen LogP contribution >= 0.6 is 0 Å². The van der Waals surface area contributed by atoms with E-state index in [1.165, 1.54) is 0 Å². The summed E-state index contributed by atoms with van der Waals surface area (Å²) < 4.78 is 5.14. The molecule has 0 bridgehead atoms. The second-order valence-electron chi connectivity index (χ2n) is 5.68. The normalized spacial score (nSPS) is 25.4. The zero-order valence-corrected chi connectivity index (χ0v) is 12.4. The Morgan fingerprint density at radius 1 is 1.29 bits per heavy atom. The molecule has 2 fully saturated rings. The maximum atomic E-state index is 12.7. The zero-order valence-electron chi connectivity index (χ0n) is 12.4. The van der Waals surface area contributed by atoms with Gasteiger partial charge in [0.25, 0.3) is 5.91 Å². The van der Waals surface area contributed by atoms with E-state index in [-0.39, 0.29) is 17.9 Å². The summed E-state index contributed by atoms with van der Waals surface area (Å²) in [5, 5.41) is 0. The van der Waals surface area contributed by atoms with Gasteiger partial charge in [0.15, 0.2) is 0 Å². The van der Waals surface area contributed by atoms with Crippen molar-refractivity contribution in [2.75, 3.05) is 18.6 Å². The topological polar surface area (TPSA) is 49.9 Å². The molecule has 2 heterocycles. The number of amides is 2. The first-order valence-corrected chi connectivity index (χ1v) is 7.35. The van der Waals surface area contributed by atoms with Crippen molar-refractivity contribution in [3.63, 3.8) is 0 Å². The van der Waals surface area contributed by atoms with Gasteiger partial charge in [-0.05, 0) is 37.5 Å². The molecule has 0 spiro atoms. The smallest absolute Gasteiger partial charge is 0.250 e. The summed E-state index contributed by atoms with van der Waals surface area (Å²) in [5.74, 6) is 0.0865. The van der Waals surface area contributed by atoms with Crippen molar-refractivity contribution in [1.82, 2.24) is 4.90 Å². The molecule has 5 nitrogen and oxygen atoms in total. The van der Waals surface area contributed by atoms with Gasteiger partial charge in [-0.15, -0.1) is 0 Å². The number of fused-ring (bicyclic) bond motifs is 1. The third kappa shape index (κ3) is 2.31. The maximum Gasteiger partial charge on any atom is 0.250 e. The standard InChI is InChI=1S/C16H20N2O3/c1-11-15(19)17-8-4-7-14(17)16(20)18(11)13-6-3-5-12(9-13)10-21-2/h3,5-6,9,11,14H,4,7-8,10H2,1-2H3. The molecule has 1 aromatic carbocycles. The van der Waals surface area contributed by atoms with E-state index in [1.807, 2.05) is 24.3 Å². The van der Waals surface area contributed by atoms with Crippen LogP contribution in [0.25, 0.3) is 0 Å². The minimum absolute atomic E-state index is 0.0363. The van der Waals surface area contributed by atoms with E-state index in [0.29, 0.717) is 13.2 Å². The average molecular weight is 288 g/mol. The molecule has 2 unspecified atom stereocenters. The lowest BCUT2D eigenvalue weighted by Crippen LogP contribution is -2.62. The molecule has 0 aromatic heterocycles. The molecule has 2 aliphatic heterocycles. The fourth-order valence-corrected chi connectivity index (χ4v) is 3.30. The first kappa shape index (κ1) is 14.1. The molecular formula is C16H20N2O3. The number of carbonyl (C=O) groups excluding carboxylic acids is 2. The number of benzene rings is 1. The van der Waals surface area contributed by atoms with Crippen LogP contribution < -0.4 is 4.90 Å².